The van der Waals surface area contributed by atoms with E-state index in [1.807, 2.05) is 6.07 Å². The predicted molar refractivity (Wildman–Crippen MR) is 135 cm³/mol. The van der Waals surface area contributed by atoms with Crippen LogP contribution in [0.2, 0.25) is 0 Å². The number of carbonyl (C=O) groups is 1. The zero-order valence-corrected chi connectivity index (χ0v) is 20.5. The van der Waals surface area contributed by atoms with E-state index in [9.17, 15) is 13.2 Å². The van der Waals surface area contributed by atoms with E-state index in [4.69, 9.17) is 10.00 Å². The largest absolute Gasteiger partial charge is 0.378 e. The van der Waals surface area contributed by atoms with Crippen molar-refractivity contribution in [2.75, 3.05) is 61.5 Å². The van der Waals surface area contributed by atoms with Crippen LogP contribution in [0.25, 0.3) is 0 Å². The summed E-state index contributed by atoms with van der Waals surface area (Å²) in [6, 6.07) is 14.3. The number of morpholine rings is 1. The summed E-state index contributed by atoms with van der Waals surface area (Å²) < 4.78 is 33.5. The molecule has 186 valence electrons. The first-order valence-corrected chi connectivity index (χ1v) is 13.4. The molecule has 2 heterocycles. The highest BCUT2D eigenvalue weighted by Crippen LogP contribution is 2.31. The van der Waals surface area contributed by atoms with Crippen LogP contribution in [-0.2, 0) is 26.0 Å². The fraction of sp³-hybridized carbons (Fsp3) is 0.440. The fourth-order valence-electron chi connectivity index (χ4n) is 4.33. The van der Waals surface area contributed by atoms with Gasteiger partial charge in [-0.3, -0.25) is 4.79 Å². The van der Waals surface area contributed by atoms with E-state index in [0.29, 0.717) is 57.2 Å². The number of amides is 1. The Kier molecular flexibility index (Phi) is 8.23. The van der Waals surface area contributed by atoms with Crippen LogP contribution >= 0.6 is 0 Å². The van der Waals surface area contributed by atoms with Gasteiger partial charge in [0.2, 0.25) is 15.9 Å². The minimum absolute atomic E-state index is 0.0233. The Morgan fingerprint density at radius 2 is 1.71 bits per heavy atom. The van der Waals surface area contributed by atoms with E-state index in [0.717, 1.165) is 30.5 Å². The number of anilines is 3. The summed E-state index contributed by atoms with van der Waals surface area (Å²) in [6.07, 6.45) is 3.10. The number of sulfonamides is 1. The Balaban J connectivity index is 1.51. The lowest BCUT2D eigenvalue weighted by atomic mass is 10.1. The summed E-state index contributed by atoms with van der Waals surface area (Å²) in [5.41, 5.74) is 2.96. The third-order valence-electron chi connectivity index (χ3n) is 6.23. The highest BCUT2D eigenvalue weighted by molar-refractivity contribution is 7.89. The van der Waals surface area contributed by atoms with E-state index < -0.39 is 10.0 Å². The third-order valence-corrected chi connectivity index (χ3v) is 8.13. The van der Waals surface area contributed by atoms with Crippen LogP contribution < -0.4 is 15.5 Å². The average molecular weight is 498 g/mol. The Hall–Kier alpha value is -3.13. The summed E-state index contributed by atoms with van der Waals surface area (Å²) in [7, 11) is -3.60. The summed E-state index contributed by atoms with van der Waals surface area (Å²) in [5.74, 6) is -0.254. The average Bonchev–Trinajstić information content (AvgIpc) is 2.89. The summed E-state index contributed by atoms with van der Waals surface area (Å²) in [4.78, 5) is 15.0. The second-order valence-corrected chi connectivity index (χ2v) is 10.6. The molecule has 0 radical (unpaired) electrons. The van der Waals surface area contributed by atoms with Gasteiger partial charge in [0.15, 0.2) is 0 Å². The smallest absolute Gasteiger partial charge is 0.243 e. The fourth-order valence-corrected chi connectivity index (χ4v) is 5.87. The molecule has 2 aliphatic rings. The molecule has 2 aromatic carbocycles. The standard InChI is InChI=1S/C25H31N5O4S/c26-11-10-20-4-6-21(7-5-20)28-25(31)19-27-23-18-22(35(32,33)30-12-2-1-3-13-30)8-9-24(23)29-14-16-34-17-15-29/h4-9,18,27H,1-3,10,12-17,19H2,(H,28,31). The Bertz CT molecular complexity index is 1170. The van der Waals surface area contributed by atoms with Gasteiger partial charge in [-0.1, -0.05) is 18.6 Å². The number of nitriles is 1. The molecular weight excluding hydrogens is 466 g/mol. The highest BCUT2D eigenvalue weighted by Gasteiger charge is 2.27. The Labute approximate surface area is 206 Å². The lowest BCUT2D eigenvalue weighted by Gasteiger charge is -2.31. The van der Waals surface area contributed by atoms with Crippen molar-refractivity contribution in [3.63, 3.8) is 0 Å². The van der Waals surface area contributed by atoms with Crippen molar-refractivity contribution in [3.8, 4) is 6.07 Å². The maximum atomic E-state index is 13.2. The van der Waals surface area contributed by atoms with E-state index >= 15 is 0 Å². The molecule has 0 spiro atoms. The molecule has 10 heteroatoms. The number of nitrogens with zero attached hydrogens (tertiary/aromatic N) is 3. The number of hydrogen-bond donors (Lipinski definition) is 2. The van der Waals surface area contributed by atoms with Gasteiger partial charge in [0.05, 0.1) is 48.5 Å². The molecule has 2 N–H and O–H groups in total. The Morgan fingerprint density at radius 3 is 2.40 bits per heavy atom. The lowest BCUT2D eigenvalue weighted by molar-refractivity contribution is -0.114. The summed E-state index contributed by atoms with van der Waals surface area (Å²) in [5, 5.41) is 14.8. The molecular formula is C25H31N5O4S. The van der Waals surface area contributed by atoms with Crippen LogP contribution in [-0.4, -0.2) is 64.6 Å². The second-order valence-electron chi connectivity index (χ2n) is 8.68. The van der Waals surface area contributed by atoms with Gasteiger partial charge < -0.3 is 20.3 Å². The van der Waals surface area contributed by atoms with Crippen molar-refractivity contribution in [1.82, 2.24) is 4.31 Å². The van der Waals surface area contributed by atoms with E-state index in [1.165, 1.54) is 0 Å². The molecule has 2 aliphatic heterocycles. The van der Waals surface area contributed by atoms with Gasteiger partial charge in [-0.25, -0.2) is 8.42 Å². The highest BCUT2D eigenvalue weighted by atomic mass is 32.2. The first-order chi connectivity index (χ1) is 17.0. The first kappa shape index (κ1) is 25.0. The van der Waals surface area contributed by atoms with Crippen LogP contribution in [0, 0.1) is 11.3 Å². The third kappa shape index (κ3) is 6.31. The molecule has 2 fully saturated rings. The van der Waals surface area contributed by atoms with E-state index in [-0.39, 0.29) is 17.3 Å². The van der Waals surface area contributed by atoms with Crippen LogP contribution in [0.15, 0.2) is 47.4 Å². The van der Waals surface area contributed by atoms with Crippen LogP contribution in [0.3, 0.4) is 0 Å². The van der Waals surface area contributed by atoms with Crippen molar-refractivity contribution in [3.05, 3.63) is 48.0 Å². The Morgan fingerprint density at radius 1 is 1.00 bits per heavy atom. The monoisotopic (exact) mass is 497 g/mol. The van der Waals surface area contributed by atoms with Gasteiger partial charge in [-0.05, 0) is 48.7 Å². The van der Waals surface area contributed by atoms with Crippen molar-refractivity contribution in [2.24, 2.45) is 0 Å². The molecule has 0 unspecified atom stereocenters. The van der Waals surface area contributed by atoms with Gasteiger partial charge in [0.25, 0.3) is 0 Å². The summed E-state index contributed by atoms with van der Waals surface area (Å²) >= 11 is 0. The molecule has 0 bridgehead atoms. The van der Waals surface area contributed by atoms with Gasteiger partial charge in [0.1, 0.15) is 0 Å². The molecule has 9 nitrogen and oxygen atoms in total. The van der Waals surface area contributed by atoms with Crippen molar-refractivity contribution in [1.29, 1.82) is 5.26 Å². The number of hydrogen-bond acceptors (Lipinski definition) is 7. The minimum atomic E-state index is -3.60. The number of piperidine rings is 1. The van der Waals surface area contributed by atoms with Gasteiger partial charge >= 0.3 is 0 Å². The number of benzene rings is 2. The van der Waals surface area contributed by atoms with Crippen LogP contribution in [0.5, 0.6) is 0 Å². The molecule has 0 aromatic heterocycles. The normalized spacial score (nSPS) is 16.9. The van der Waals surface area contributed by atoms with E-state index in [1.54, 1.807) is 40.7 Å². The molecule has 35 heavy (non-hydrogen) atoms. The molecule has 0 aliphatic carbocycles. The van der Waals surface area contributed by atoms with Gasteiger partial charge in [-0.2, -0.15) is 9.57 Å². The molecule has 2 aromatic rings. The molecule has 0 saturated carbocycles. The quantitative estimate of drug-likeness (QED) is 0.576. The molecule has 1 amide bonds. The SMILES string of the molecule is N#CCc1ccc(NC(=O)CNc2cc(S(=O)(=O)N3CCCCC3)ccc2N2CCOCC2)cc1. The van der Waals surface area contributed by atoms with Crippen molar-refractivity contribution < 1.29 is 17.9 Å². The second kappa shape index (κ2) is 11.5. The summed E-state index contributed by atoms with van der Waals surface area (Å²) in [6.45, 7) is 3.61. The molecule has 4 rings (SSSR count). The topological polar surface area (TPSA) is 115 Å². The number of rotatable bonds is 8. The van der Waals surface area contributed by atoms with Crippen LogP contribution in [0.1, 0.15) is 24.8 Å². The zero-order valence-electron chi connectivity index (χ0n) is 19.7. The van der Waals surface area contributed by atoms with Crippen molar-refractivity contribution >= 4 is 33.0 Å². The number of nitrogens with one attached hydrogen (secondary N) is 2. The number of ether oxygens (including phenoxy) is 1. The van der Waals surface area contributed by atoms with Gasteiger partial charge in [0, 0.05) is 31.9 Å². The number of carbonyl (C=O) groups excluding carboxylic acids is 1. The molecule has 0 atom stereocenters. The minimum Gasteiger partial charge on any atom is -0.378 e. The van der Waals surface area contributed by atoms with Crippen LogP contribution in [0.4, 0.5) is 17.1 Å². The molecule has 2 saturated heterocycles. The maximum absolute atomic E-state index is 13.2. The lowest BCUT2D eigenvalue weighted by Crippen LogP contribution is -2.37. The first-order valence-electron chi connectivity index (χ1n) is 11.9. The zero-order chi connectivity index (χ0) is 24.7. The maximum Gasteiger partial charge on any atom is 0.243 e. The predicted octanol–water partition coefficient (Wildman–Crippen LogP) is 2.81. The van der Waals surface area contributed by atoms with Gasteiger partial charge in [-0.15, -0.1) is 0 Å². The van der Waals surface area contributed by atoms with E-state index in [2.05, 4.69) is 21.6 Å². The van der Waals surface area contributed by atoms with Crippen molar-refractivity contribution in [2.45, 2.75) is 30.6 Å².